The molecule has 5 nitrogen and oxygen atoms in total. The summed E-state index contributed by atoms with van der Waals surface area (Å²) in [6, 6.07) is 2.10. The Morgan fingerprint density at radius 1 is 1.30 bits per heavy atom. The fourth-order valence-corrected chi connectivity index (χ4v) is 2.69. The Balaban J connectivity index is 2.18. The Hall–Kier alpha value is -1.95. The number of hydrogen-bond donors (Lipinski definition) is 0. The van der Waals surface area contributed by atoms with Gasteiger partial charge < -0.3 is 9.80 Å². The van der Waals surface area contributed by atoms with Crippen LogP contribution >= 0.6 is 11.3 Å². The van der Waals surface area contributed by atoms with Crippen molar-refractivity contribution >= 4 is 23.1 Å². The molecule has 0 unspecified atom stereocenters. The molecule has 0 saturated carbocycles. The third-order valence-electron chi connectivity index (χ3n) is 2.99. The minimum atomic E-state index is -0.139. The number of carbonyl (C=O) groups excluding carboxylic acids is 1. The highest BCUT2D eigenvalue weighted by Gasteiger charge is 2.13. The van der Waals surface area contributed by atoms with Crippen molar-refractivity contribution < 1.29 is 4.79 Å². The lowest BCUT2D eigenvalue weighted by atomic mass is 10.3. The first-order chi connectivity index (χ1) is 9.49. The predicted octanol–water partition coefficient (Wildman–Crippen LogP) is 2.18. The summed E-state index contributed by atoms with van der Waals surface area (Å²) in [6.07, 6.45) is 3.17. The zero-order chi connectivity index (χ0) is 14.7. The maximum Gasteiger partial charge on any atom is 0.273 e. The van der Waals surface area contributed by atoms with Crippen molar-refractivity contribution in [3.05, 3.63) is 40.0 Å². The van der Waals surface area contributed by atoms with Crippen molar-refractivity contribution in [2.24, 2.45) is 0 Å². The molecule has 2 aromatic rings. The van der Waals surface area contributed by atoms with Gasteiger partial charge in [0.1, 0.15) is 11.5 Å². The zero-order valence-electron chi connectivity index (χ0n) is 12.1. The van der Waals surface area contributed by atoms with E-state index in [2.05, 4.69) is 28.3 Å². The predicted molar refractivity (Wildman–Crippen MR) is 81.2 cm³/mol. The van der Waals surface area contributed by atoms with Crippen molar-refractivity contribution in [1.29, 1.82) is 0 Å². The normalized spacial score (nSPS) is 10.4. The first-order valence-corrected chi connectivity index (χ1v) is 7.15. The monoisotopic (exact) mass is 290 g/mol. The number of anilines is 1. The van der Waals surface area contributed by atoms with Gasteiger partial charge in [-0.3, -0.25) is 9.78 Å². The first kappa shape index (κ1) is 14.5. The van der Waals surface area contributed by atoms with Gasteiger partial charge in [0.05, 0.1) is 18.9 Å². The number of amides is 1. The molecule has 20 heavy (non-hydrogen) atoms. The van der Waals surface area contributed by atoms with Crippen LogP contribution in [0.15, 0.2) is 23.8 Å². The average Bonchev–Trinajstić information content (AvgIpc) is 2.83. The minimum absolute atomic E-state index is 0.139. The van der Waals surface area contributed by atoms with Crippen LogP contribution in [0.5, 0.6) is 0 Å². The third kappa shape index (κ3) is 3.14. The Kier molecular flexibility index (Phi) is 4.34. The van der Waals surface area contributed by atoms with E-state index in [1.165, 1.54) is 21.5 Å². The summed E-state index contributed by atoms with van der Waals surface area (Å²) in [5.74, 6) is 0.561. The summed E-state index contributed by atoms with van der Waals surface area (Å²) in [6.45, 7) is 2.86. The fourth-order valence-electron chi connectivity index (χ4n) is 1.73. The number of carbonyl (C=O) groups is 1. The summed E-state index contributed by atoms with van der Waals surface area (Å²) in [7, 11) is 5.36. The second-order valence-electron chi connectivity index (χ2n) is 4.84. The molecule has 0 aliphatic rings. The molecule has 106 valence electrons. The molecule has 0 saturated heterocycles. The van der Waals surface area contributed by atoms with Crippen molar-refractivity contribution in [1.82, 2.24) is 14.9 Å². The van der Waals surface area contributed by atoms with E-state index in [0.717, 1.165) is 6.54 Å². The zero-order valence-corrected chi connectivity index (χ0v) is 12.9. The van der Waals surface area contributed by atoms with E-state index in [0.29, 0.717) is 11.5 Å². The second-order valence-corrected chi connectivity index (χ2v) is 5.85. The van der Waals surface area contributed by atoms with Crippen molar-refractivity contribution in [3.63, 3.8) is 0 Å². The van der Waals surface area contributed by atoms with E-state index in [1.54, 1.807) is 31.6 Å². The van der Waals surface area contributed by atoms with Gasteiger partial charge in [0, 0.05) is 26.0 Å². The molecule has 2 aromatic heterocycles. The SMILES string of the molecule is Cc1ccsc1CN(C)c1cncc(C(=O)N(C)C)n1. The van der Waals surface area contributed by atoms with E-state index in [1.807, 2.05) is 11.9 Å². The Morgan fingerprint density at radius 2 is 2.05 bits per heavy atom. The van der Waals surface area contributed by atoms with Gasteiger partial charge in [0.15, 0.2) is 0 Å². The largest absolute Gasteiger partial charge is 0.353 e. The van der Waals surface area contributed by atoms with Crippen molar-refractivity contribution in [2.75, 3.05) is 26.0 Å². The summed E-state index contributed by atoms with van der Waals surface area (Å²) in [4.78, 5) is 25.2. The second kappa shape index (κ2) is 6.00. The van der Waals surface area contributed by atoms with Crippen LogP contribution in [-0.2, 0) is 6.54 Å². The molecule has 0 aliphatic carbocycles. The maximum absolute atomic E-state index is 11.9. The molecule has 2 heterocycles. The molecule has 0 N–H and O–H groups in total. The molecule has 0 radical (unpaired) electrons. The lowest BCUT2D eigenvalue weighted by molar-refractivity contribution is 0.0821. The first-order valence-electron chi connectivity index (χ1n) is 6.27. The lowest BCUT2D eigenvalue weighted by Gasteiger charge is -2.18. The van der Waals surface area contributed by atoms with Gasteiger partial charge in [0.2, 0.25) is 0 Å². The van der Waals surface area contributed by atoms with E-state index >= 15 is 0 Å². The summed E-state index contributed by atoms with van der Waals surface area (Å²) in [5, 5.41) is 2.08. The molecular formula is C14H18N4OS. The average molecular weight is 290 g/mol. The van der Waals surface area contributed by atoms with Crippen LogP contribution in [0.1, 0.15) is 20.9 Å². The molecule has 0 aliphatic heterocycles. The molecule has 0 aromatic carbocycles. The third-order valence-corrected chi connectivity index (χ3v) is 3.99. The number of hydrogen-bond acceptors (Lipinski definition) is 5. The smallest absolute Gasteiger partial charge is 0.273 e. The van der Waals surface area contributed by atoms with Crippen LogP contribution in [-0.4, -0.2) is 41.9 Å². The van der Waals surface area contributed by atoms with Gasteiger partial charge in [-0.2, -0.15) is 0 Å². The molecule has 1 amide bonds. The molecule has 0 bridgehead atoms. The quantitative estimate of drug-likeness (QED) is 0.866. The Labute approximate surface area is 122 Å². The van der Waals surface area contributed by atoms with Crippen LogP contribution < -0.4 is 4.90 Å². The van der Waals surface area contributed by atoms with Crippen molar-refractivity contribution in [2.45, 2.75) is 13.5 Å². The Bertz CT molecular complexity index is 609. The van der Waals surface area contributed by atoms with Crippen LogP contribution in [0, 0.1) is 6.92 Å². The lowest BCUT2D eigenvalue weighted by Crippen LogP contribution is -2.24. The summed E-state index contributed by atoms with van der Waals surface area (Å²) < 4.78 is 0. The highest BCUT2D eigenvalue weighted by atomic mass is 32.1. The molecule has 0 atom stereocenters. The van der Waals surface area contributed by atoms with E-state index in [-0.39, 0.29) is 5.91 Å². The van der Waals surface area contributed by atoms with Crippen LogP contribution in [0.3, 0.4) is 0 Å². The number of nitrogens with zero attached hydrogens (tertiary/aromatic N) is 4. The molecule has 0 spiro atoms. The van der Waals surface area contributed by atoms with Crippen LogP contribution in [0.2, 0.25) is 0 Å². The van der Waals surface area contributed by atoms with Crippen LogP contribution in [0.4, 0.5) is 5.82 Å². The van der Waals surface area contributed by atoms with Gasteiger partial charge in [-0.25, -0.2) is 4.98 Å². The molecule has 6 heteroatoms. The molecule has 2 rings (SSSR count). The van der Waals surface area contributed by atoms with Gasteiger partial charge in [-0.05, 0) is 23.9 Å². The summed E-state index contributed by atoms with van der Waals surface area (Å²) >= 11 is 1.72. The number of aromatic nitrogens is 2. The standard InChI is InChI=1S/C14H18N4OS/c1-10-5-6-20-12(10)9-18(4)13-8-15-7-11(16-13)14(19)17(2)3/h5-8H,9H2,1-4H3. The molecular weight excluding hydrogens is 272 g/mol. The Morgan fingerprint density at radius 3 is 2.65 bits per heavy atom. The van der Waals surface area contributed by atoms with E-state index in [4.69, 9.17) is 0 Å². The van der Waals surface area contributed by atoms with E-state index in [9.17, 15) is 4.79 Å². The topological polar surface area (TPSA) is 49.3 Å². The van der Waals surface area contributed by atoms with Gasteiger partial charge >= 0.3 is 0 Å². The van der Waals surface area contributed by atoms with Crippen LogP contribution in [0.25, 0.3) is 0 Å². The number of rotatable bonds is 4. The number of aryl methyl sites for hydroxylation is 1. The highest BCUT2D eigenvalue weighted by molar-refractivity contribution is 7.10. The van der Waals surface area contributed by atoms with Gasteiger partial charge in [-0.1, -0.05) is 0 Å². The van der Waals surface area contributed by atoms with E-state index < -0.39 is 0 Å². The minimum Gasteiger partial charge on any atom is -0.353 e. The van der Waals surface area contributed by atoms with Crippen molar-refractivity contribution in [3.8, 4) is 0 Å². The summed E-state index contributed by atoms with van der Waals surface area (Å²) in [5.41, 5.74) is 1.64. The fraction of sp³-hybridized carbons (Fsp3) is 0.357. The number of thiophene rings is 1. The highest BCUT2D eigenvalue weighted by Crippen LogP contribution is 2.19. The van der Waals surface area contributed by atoms with Gasteiger partial charge in [0.25, 0.3) is 5.91 Å². The van der Waals surface area contributed by atoms with Gasteiger partial charge in [-0.15, -0.1) is 11.3 Å². The maximum atomic E-state index is 11.9. The molecule has 0 fully saturated rings.